The van der Waals surface area contributed by atoms with Crippen LogP contribution in [0.1, 0.15) is 16.1 Å². The Morgan fingerprint density at radius 3 is 2.70 bits per heavy atom. The normalized spacial score (nSPS) is 16.8. The molecule has 2 aromatic heterocycles. The van der Waals surface area contributed by atoms with E-state index in [1.165, 1.54) is 10.6 Å². The molecule has 1 aliphatic heterocycles. The average molecular weight is 275 g/mol. The van der Waals surface area contributed by atoms with Gasteiger partial charge in [-0.05, 0) is 14.0 Å². The van der Waals surface area contributed by atoms with Crippen molar-refractivity contribution in [2.24, 2.45) is 0 Å². The lowest BCUT2D eigenvalue weighted by Gasteiger charge is -2.32. The lowest BCUT2D eigenvalue weighted by Crippen LogP contribution is -2.47. The van der Waals surface area contributed by atoms with Crippen LogP contribution in [0.5, 0.6) is 0 Å². The van der Waals surface area contributed by atoms with Gasteiger partial charge in [-0.1, -0.05) is 0 Å². The van der Waals surface area contributed by atoms with Crippen molar-refractivity contribution in [1.29, 1.82) is 0 Å². The number of amides is 1. The first-order valence-corrected chi connectivity index (χ1v) is 6.62. The van der Waals surface area contributed by atoms with Crippen LogP contribution in [-0.2, 0) is 0 Å². The highest BCUT2D eigenvalue weighted by Crippen LogP contribution is 2.12. The van der Waals surface area contributed by atoms with Crippen molar-refractivity contribution in [2.45, 2.75) is 6.92 Å². The maximum atomic E-state index is 12.5. The van der Waals surface area contributed by atoms with Gasteiger partial charge >= 0.3 is 0 Å². The minimum Gasteiger partial charge on any atom is -0.336 e. The van der Waals surface area contributed by atoms with Gasteiger partial charge < -0.3 is 9.80 Å². The van der Waals surface area contributed by atoms with E-state index >= 15 is 0 Å². The second-order valence-corrected chi connectivity index (χ2v) is 5.18. The van der Waals surface area contributed by atoms with Crippen molar-refractivity contribution in [1.82, 2.24) is 24.4 Å². The lowest BCUT2D eigenvalue weighted by molar-refractivity contribution is 0.0666. The fraction of sp³-hybridized carbons (Fsp3) is 0.462. The number of rotatable bonds is 1. The number of likely N-dealkylation sites (N-methyl/N-ethyl adjacent to an activating group) is 1. The fourth-order valence-electron chi connectivity index (χ4n) is 2.43. The van der Waals surface area contributed by atoms with E-state index in [0.717, 1.165) is 13.1 Å². The first-order valence-electron chi connectivity index (χ1n) is 6.62. The van der Waals surface area contributed by atoms with Crippen molar-refractivity contribution >= 4 is 11.6 Å². The number of piperazine rings is 1. The topological polar surface area (TPSA) is 73.7 Å². The number of H-pyrrole nitrogens is 1. The highest BCUT2D eigenvalue weighted by Gasteiger charge is 2.23. The third-order valence-corrected chi connectivity index (χ3v) is 3.65. The zero-order chi connectivity index (χ0) is 14.3. The molecule has 1 aliphatic rings. The summed E-state index contributed by atoms with van der Waals surface area (Å²) in [5.74, 6) is -0.0747. The van der Waals surface area contributed by atoms with Crippen LogP contribution < -0.4 is 5.56 Å². The first kappa shape index (κ1) is 12.9. The van der Waals surface area contributed by atoms with Crippen molar-refractivity contribution in [3.05, 3.63) is 33.9 Å². The van der Waals surface area contributed by atoms with Crippen LogP contribution in [0.15, 0.2) is 17.1 Å². The molecular weight excluding hydrogens is 258 g/mol. The van der Waals surface area contributed by atoms with E-state index in [2.05, 4.69) is 15.0 Å². The predicted octanol–water partition coefficient (Wildman–Crippen LogP) is -0.281. The minimum absolute atomic E-state index is 0.0747. The number of aromatic amines is 1. The molecule has 0 atom stereocenters. The molecule has 0 saturated carbocycles. The summed E-state index contributed by atoms with van der Waals surface area (Å²) in [6.45, 7) is 4.87. The first-order chi connectivity index (χ1) is 9.56. The Kier molecular flexibility index (Phi) is 3.06. The minimum atomic E-state index is -0.204. The van der Waals surface area contributed by atoms with E-state index in [1.54, 1.807) is 18.0 Å². The van der Waals surface area contributed by atoms with Crippen LogP contribution in [0.25, 0.3) is 5.65 Å². The molecule has 1 fully saturated rings. The van der Waals surface area contributed by atoms with E-state index in [1.807, 2.05) is 7.05 Å². The third kappa shape index (κ3) is 2.09. The molecule has 7 nitrogen and oxygen atoms in total. The summed E-state index contributed by atoms with van der Waals surface area (Å²) in [5, 5.41) is 2.80. The molecule has 0 radical (unpaired) electrons. The van der Waals surface area contributed by atoms with E-state index in [0.29, 0.717) is 30.0 Å². The molecule has 0 aliphatic carbocycles. The van der Waals surface area contributed by atoms with Crippen LogP contribution in [-0.4, -0.2) is 63.5 Å². The van der Waals surface area contributed by atoms with Crippen LogP contribution >= 0.6 is 0 Å². The highest BCUT2D eigenvalue weighted by atomic mass is 16.2. The summed E-state index contributed by atoms with van der Waals surface area (Å²) in [5.41, 5.74) is 1.27. The monoisotopic (exact) mass is 275 g/mol. The van der Waals surface area contributed by atoms with E-state index in [4.69, 9.17) is 0 Å². The summed E-state index contributed by atoms with van der Waals surface area (Å²) >= 11 is 0. The van der Waals surface area contributed by atoms with Crippen molar-refractivity contribution in [2.75, 3.05) is 33.2 Å². The van der Waals surface area contributed by atoms with E-state index in [9.17, 15) is 9.59 Å². The summed E-state index contributed by atoms with van der Waals surface area (Å²) in [6, 6.07) is 1.44. The second-order valence-electron chi connectivity index (χ2n) is 5.18. The number of hydrogen-bond acceptors (Lipinski definition) is 4. The molecule has 1 N–H and O–H groups in total. The summed E-state index contributed by atoms with van der Waals surface area (Å²) < 4.78 is 1.30. The number of aromatic nitrogens is 3. The van der Waals surface area contributed by atoms with Gasteiger partial charge in [0.2, 0.25) is 0 Å². The Labute approximate surface area is 115 Å². The van der Waals surface area contributed by atoms with Gasteiger partial charge in [-0.2, -0.15) is 0 Å². The number of fused-ring (bicyclic) bond motifs is 1. The van der Waals surface area contributed by atoms with Crippen LogP contribution in [0, 0.1) is 6.92 Å². The maximum absolute atomic E-state index is 12.5. The van der Waals surface area contributed by atoms with Gasteiger partial charge in [-0.15, -0.1) is 0 Å². The third-order valence-electron chi connectivity index (χ3n) is 3.65. The number of aryl methyl sites for hydroxylation is 1. The van der Waals surface area contributed by atoms with Gasteiger partial charge in [0.05, 0.1) is 0 Å². The molecule has 2 aromatic rings. The predicted molar refractivity (Wildman–Crippen MR) is 74.0 cm³/mol. The molecule has 3 heterocycles. The number of nitrogens with zero attached hydrogens (tertiary/aromatic N) is 4. The Bertz CT molecular complexity index is 709. The number of carbonyl (C=O) groups is 1. The number of hydrogen-bond donors (Lipinski definition) is 1. The number of carbonyl (C=O) groups excluding carboxylic acids is 1. The average Bonchev–Trinajstić information content (AvgIpc) is 2.82. The summed E-state index contributed by atoms with van der Waals surface area (Å²) in [7, 11) is 2.04. The molecule has 20 heavy (non-hydrogen) atoms. The molecule has 1 amide bonds. The van der Waals surface area contributed by atoms with Gasteiger partial charge in [0, 0.05) is 44.1 Å². The van der Waals surface area contributed by atoms with Crippen molar-refractivity contribution in [3.63, 3.8) is 0 Å². The standard InChI is InChI=1S/C13H17N5O2/c1-9-7-11(19)18-12(15-9)10(8-14-18)13(20)17-5-3-16(2)4-6-17/h7-8,14H,3-6H2,1-2H3. The van der Waals surface area contributed by atoms with Crippen LogP contribution in [0.2, 0.25) is 0 Å². The smallest absolute Gasteiger partial charge is 0.272 e. The molecule has 7 heteroatoms. The Morgan fingerprint density at radius 2 is 2.00 bits per heavy atom. The second kappa shape index (κ2) is 4.75. The molecule has 0 unspecified atom stereocenters. The Morgan fingerprint density at radius 1 is 1.30 bits per heavy atom. The van der Waals surface area contributed by atoms with Gasteiger partial charge in [0.25, 0.3) is 11.5 Å². The van der Waals surface area contributed by atoms with Crippen molar-refractivity contribution < 1.29 is 4.79 Å². The molecule has 0 aromatic carbocycles. The molecule has 0 spiro atoms. The zero-order valence-corrected chi connectivity index (χ0v) is 11.6. The lowest BCUT2D eigenvalue weighted by atomic mass is 10.2. The quantitative estimate of drug-likeness (QED) is 0.777. The van der Waals surface area contributed by atoms with Gasteiger partial charge in [-0.25, -0.2) is 9.50 Å². The molecule has 0 bridgehead atoms. The number of nitrogens with one attached hydrogen (secondary N) is 1. The van der Waals surface area contributed by atoms with Crippen LogP contribution in [0.3, 0.4) is 0 Å². The summed E-state index contributed by atoms with van der Waals surface area (Å²) in [4.78, 5) is 32.6. The molecule has 3 rings (SSSR count). The van der Waals surface area contributed by atoms with Gasteiger partial charge in [0.1, 0.15) is 5.56 Å². The fourth-order valence-corrected chi connectivity index (χ4v) is 2.43. The zero-order valence-electron chi connectivity index (χ0n) is 11.6. The maximum Gasteiger partial charge on any atom is 0.272 e. The largest absolute Gasteiger partial charge is 0.336 e. The van der Waals surface area contributed by atoms with E-state index in [-0.39, 0.29) is 11.5 Å². The highest BCUT2D eigenvalue weighted by molar-refractivity contribution is 5.99. The van der Waals surface area contributed by atoms with Gasteiger partial charge in [0.15, 0.2) is 5.65 Å². The van der Waals surface area contributed by atoms with Crippen LogP contribution in [0.4, 0.5) is 0 Å². The molecule has 1 saturated heterocycles. The summed E-state index contributed by atoms with van der Waals surface area (Å²) in [6.07, 6.45) is 1.56. The molecular formula is C13H17N5O2. The Hall–Kier alpha value is -2.15. The van der Waals surface area contributed by atoms with Crippen molar-refractivity contribution in [3.8, 4) is 0 Å². The molecule has 106 valence electrons. The SMILES string of the molecule is Cc1cc(=O)n2[nH]cc(C(=O)N3CCN(C)CC3)c2n1. The van der Waals surface area contributed by atoms with Gasteiger partial charge in [-0.3, -0.25) is 14.7 Å². The Balaban J connectivity index is 1.98. The van der Waals surface area contributed by atoms with E-state index < -0.39 is 0 Å².